The van der Waals surface area contributed by atoms with E-state index in [1.807, 2.05) is 44.2 Å². The van der Waals surface area contributed by atoms with E-state index in [0.29, 0.717) is 4.90 Å². The number of hydrogen-bond acceptors (Lipinski definition) is 3. The van der Waals surface area contributed by atoms with Crippen molar-refractivity contribution in [1.82, 2.24) is 15.2 Å². The summed E-state index contributed by atoms with van der Waals surface area (Å²) in [5, 5.41) is 13.1. The van der Waals surface area contributed by atoms with Gasteiger partial charge in [-0.3, -0.25) is 10.1 Å². The Kier molecular flexibility index (Phi) is 4.90. The molecule has 0 radical (unpaired) electrons. The Morgan fingerprint density at radius 1 is 0.893 bits per heavy atom. The third kappa shape index (κ3) is 3.52. The van der Waals surface area contributed by atoms with Gasteiger partial charge < -0.3 is 0 Å². The number of pyridine rings is 1. The lowest BCUT2D eigenvalue weighted by molar-refractivity contribution is 0.684. The Balaban J connectivity index is 1.74. The van der Waals surface area contributed by atoms with Crippen LogP contribution in [-0.4, -0.2) is 19.4 Å². The van der Waals surface area contributed by atoms with Crippen LogP contribution < -0.4 is 5.14 Å². The highest BCUT2D eigenvalue weighted by molar-refractivity contribution is 7.82. The van der Waals surface area contributed by atoms with Gasteiger partial charge in [-0.05, 0) is 54.8 Å². The number of rotatable bonds is 4. The van der Waals surface area contributed by atoms with Gasteiger partial charge in [0.15, 0.2) is 0 Å². The topological polar surface area (TPSA) is 84.7 Å². The van der Waals surface area contributed by atoms with Gasteiger partial charge in [-0.15, -0.1) is 0 Å². The molecular weight excluding hydrogens is 368 g/mol. The lowest BCUT2D eigenvalue weighted by Gasteiger charge is -2.08. The molecule has 0 bridgehead atoms. The monoisotopic (exact) mass is 388 g/mol. The molecular formula is C22H20N4OS. The number of aryl methyl sites for hydroxylation is 2. The average molecular weight is 388 g/mol. The molecule has 2 heterocycles. The summed E-state index contributed by atoms with van der Waals surface area (Å²) >= 11 is 0. The van der Waals surface area contributed by atoms with Gasteiger partial charge >= 0.3 is 0 Å². The Morgan fingerprint density at radius 3 is 2.36 bits per heavy atom. The minimum absolute atomic E-state index is 0.614. The Bertz CT molecular complexity index is 1170. The first-order chi connectivity index (χ1) is 13.5. The maximum Gasteiger partial charge on any atom is 0.122 e. The number of nitrogens with two attached hydrogens (primary N) is 1. The van der Waals surface area contributed by atoms with Gasteiger partial charge in [0.05, 0.1) is 4.90 Å². The number of aromatic amines is 1. The number of nitrogens with zero attached hydrogens (tertiary/aromatic N) is 2. The van der Waals surface area contributed by atoms with Crippen molar-refractivity contribution >= 4 is 11.0 Å². The molecule has 5 nitrogen and oxygen atoms in total. The zero-order valence-corrected chi connectivity index (χ0v) is 16.5. The number of nitrogens with one attached hydrogen (secondary N) is 1. The summed E-state index contributed by atoms with van der Waals surface area (Å²) in [5.41, 5.74) is 8.10. The van der Waals surface area contributed by atoms with Crippen LogP contribution in [0.15, 0.2) is 71.8 Å². The molecule has 3 N–H and O–H groups in total. The highest BCUT2D eigenvalue weighted by Crippen LogP contribution is 2.34. The van der Waals surface area contributed by atoms with Crippen LogP contribution >= 0.6 is 0 Å². The molecule has 4 aromatic rings. The minimum Gasteiger partial charge on any atom is -0.282 e. The van der Waals surface area contributed by atoms with Crippen LogP contribution in [0.2, 0.25) is 0 Å². The van der Waals surface area contributed by atoms with Gasteiger partial charge in [0.1, 0.15) is 16.7 Å². The van der Waals surface area contributed by atoms with E-state index in [1.165, 1.54) is 0 Å². The summed E-state index contributed by atoms with van der Waals surface area (Å²) in [4.78, 5) is 4.88. The zero-order chi connectivity index (χ0) is 19.7. The van der Waals surface area contributed by atoms with Crippen molar-refractivity contribution in [3.8, 4) is 33.5 Å². The van der Waals surface area contributed by atoms with Crippen molar-refractivity contribution in [3.63, 3.8) is 0 Å². The average Bonchev–Trinajstić information content (AvgIpc) is 3.09. The van der Waals surface area contributed by atoms with E-state index in [4.69, 9.17) is 5.14 Å². The second-order valence-corrected chi connectivity index (χ2v) is 7.73. The second kappa shape index (κ2) is 7.50. The van der Waals surface area contributed by atoms with Crippen LogP contribution in [0.5, 0.6) is 0 Å². The van der Waals surface area contributed by atoms with Crippen molar-refractivity contribution in [2.45, 2.75) is 18.7 Å². The summed E-state index contributed by atoms with van der Waals surface area (Å²) in [6.45, 7) is 3.99. The summed E-state index contributed by atoms with van der Waals surface area (Å²) in [6.07, 6.45) is 1.80. The van der Waals surface area contributed by atoms with E-state index in [9.17, 15) is 4.21 Å². The first-order valence-corrected chi connectivity index (χ1v) is 10.1. The fraction of sp³-hybridized carbons (Fsp3) is 0.0909. The van der Waals surface area contributed by atoms with Crippen molar-refractivity contribution in [2.75, 3.05) is 0 Å². The van der Waals surface area contributed by atoms with Crippen LogP contribution in [0.1, 0.15) is 11.4 Å². The molecule has 1 atom stereocenters. The molecule has 140 valence electrons. The molecule has 1 unspecified atom stereocenters. The molecule has 0 saturated heterocycles. The summed E-state index contributed by atoms with van der Waals surface area (Å²) in [5.74, 6) is 0. The van der Waals surface area contributed by atoms with Gasteiger partial charge in [-0.1, -0.05) is 36.4 Å². The van der Waals surface area contributed by atoms with Crippen molar-refractivity contribution in [1.29, 1.82) is 0 Å². The molecule has 0 saturated carbocycles. The lowest BCUT2D eigenvalue weighted by Crippen LogP contribution is -2.02. The standard InChI is InChI=1S/C22H20N4OS/c1-14-12-19(10-11-24-14)22-21(15(2)25-26-22)17-8-6-16(7-9-17)18-4-3-5-20(13-18)28(23)27/h3-13H,23H2,1-2H3,(H,25,26). The lowest BCUT2D eigenvalue weighted by atomic mass is 9.97. The van der Waals surface area contributed by atoms with Crippen molar-refractivity contribution in [2.24, 2.45) is 5.14 Å². The smallest absolute Gasteiger partial charge is 0.122 e. The van der Waals surface area contributed by atoms with E-state index in [0.717, 1.165) is 44.9 Å². The fourth-order valence-corrected chi connectivity index (χ4v) is 3.77. The molecule has 2 aromatic heterocycles. The molecule has 0 amide bonds. The van der Waals surface area contributed by atoms with Gasteiger partial charge in [0.2, 0.25) is 0 Å². The van der Waals surface area contributed by atoms with E-state index in [2.05, 4.69) is 39.4 Å². The maximum absolute atomic E-state index is 11.5. The Morgan fingerprint density at radius 2 is 1.64 bits per heavy atom. The van der Waals surface area contributed by atoms with Crippen LogP contribution in [0.4, 0.5) is 0 Å². The molecule has 4 rings (SSSR count). The minimum atomic E-state index is -1.49. The second-order valence-electron chi connectivity index (χ2n) is 6.66. The first kappa shape index (κ1) is 18.3. The molecule has 28 heavy (non-hydrogen) atoms. The molecule has 0 aliphatic heterocycles. The summed E-state index contributed by atoms with van der Waals surface area (Å²) in [7, 11) is -1.49. The Hall–Kier alpha value is -3.09. The van der Waals surface area contributed by atoms with Gasteiger partial charge in [0, 0.05) is 28.7 Å². The number of H-pyrrole nitrogens is 1. The molecule has 6 heteroatoms. The summed E-state index contributed by atoms with van der Waals surface area (Å²) in [6, 6.07) is 19.8. The zero-order valence-electron chi connectivity index (χ0n) is 15.6. The third-order valence-electron chi connectivity index (χ3n) is 4.69. The number of aromatic nitrogens is 3. The van der Waals surface area contributed by atoms with Gasteiger partial charge in [-0.2, -0.15) is 5.10 Å². The largest absolute Gasteiger partial charge is 0.282 e. The summed E-state index contributed by atoms with van der Waals surface area (Å²) < 4.78 is 11.5. The number of benzene rings is 2. The van der Waals surface area contributed by atoms with Crippen LogP contribution in [0.25, 0.3) is 33.5 Å². The molecule has 0 fully saturated rings. The fourth-order valence-electron chi connectivity index (χ4n) is 3.31. The molecule has 2 aromatic carbocycles. The van der Waals surface area contributed by atoms with Gasteiger partial charge in [-0.25, -0.2) is 9.35 Å². The van der Waals surface area contributed by atoms with E-state index >= 15 is 0 Å². The predicted octanol–water partition coefficient (Wildman–Crippen LogP) is 4.40. The highest BCUT2D eigenvalue weighted by atomic mass is 32.2. The van der Waals surface area contributed by atoms with Gasteiger partial charge in [0.25, 0.3) is 0 Å². The maximum atomic E-state index is 11.5. The van der Waals surface area contributed by atoms with E-state index < -0.39 is 11.0 Å². The van der Waals surface area contributed by atoms with Crippen molar-refractivity contribution in [3.05, 3.63) is 78.2 Å². The van der Waals surface area contributed by atoms with Crippen LogP contribution in [0, 0.1) is 13.8 Å². The molecule has 0 aliphatic carbocycles. The third-order valence-corrected chi connectivity index (χ3v) is 5.41. The predicted molar refractivity (Wildman–Crippen MR) is 113 cm³/mol. The van der Waals surface area contributed by atoms with Crippen LogP contribution in [0.3, 0.4) is 0 Å². The molecule has 0 spiro atoms. The Labute approximate surface area is 166 Å². The first-order valence-electron chi connectivity index (χ1n) is 8.88. The SMILES string of the molecule is Cc1cc(-c2n[nH]c(C)c2-c2ccc(-c3cccc(S(N)=O)c3)cc2)ccn1. The van der Waals surface area contributed by atoms with Crippen LogP contribution in [-0.2, 0) is 11.0 Å². The van der Waals surface area contributed by atoms with Crippen molar-refractivity contribution < 1.29 is 4.21 Å². The van der Waals surface area contributed by atoms with E-state index in [1.54, 1.807) is 12.3 Å². The molecule has 0 aliphatic rings. The number of hydrogen-bond donors (Lipinski definition) is 2. The highest BCUT2D eigenvalue weighted by Gasteiger charge is 2.15. The quantitative estimate of drug-likeness (QED) is 0.543. The normalized spacial score (nSPS) is 12.1. The van der Waals surface area contributed by atoms with E-state index in [-0.39, 0.29) is 0 Å².